The molecule has 0 aromatic carbocycles. The molecule has 0 radical (unpaired) electrons. The molecule has 2 N–H and O–H groups in total. The Morgan fingerprint density at radius 3 is 2.76 bits per heavy atom. The number of likely N-dealkylation sites (tertiary alicyclic amines) is 1. The summed E-state index contributed by atoms with van der Waals surface area (Å²) >= 11 is 4.83. The summed E-state index contributed by atoms with van der Waals surface area (Å²) in [4.78, 5) is 6.85. The molecule has 0 unspecified atom stereocenters. The molecule has 1 aromatic heterocycles. The second-order valence-corrected chi connectivity index (χ2v) is 4.58. The number of aromatic nitrogens is 1. The Bertz CT molecular complexity index is 374. The fourth-order valence-electron chi connectivity index (χ4n) is 1.91. The molecule has 0 spiro atoms. The highest BCUT2D eigenvalue weighted by molar-refractivity contribution is 7.80. The molecule has 0 atom stereocenters. The standard InChI is InChI=1S/C12H17N3OS/c13-12(17)11-4-3-10(9-14-11)16-8-7-15-5-1-2-6-15/h3-4,9H,1-2,5-8H2,(H2,13,17). The molecule has 92 valence electrons. The van der Waals surface area contributed by atoms with Gasteiger partial charge in [-0.25, -0.2) is 4.98 Å². The van der Waals surface area contributed by atoms with Gasteiger partial charge >= 0.3 is 0 Å². The zero-order chi connectivity index (χ0) is 12.1. The minimum Gasteiger partial charge on any atom is -0.491 e. The Kier molecular flexibility index (Phi) is 4.28. The van der Waals surface area contributed by atoms with Crippen LogP contribution in [0.15, 0.2) is 18.3 Å². The predicted octanol–water partition coefficient (Wildman–Crippen LogP) is 1.19. The molecule has 0 amide bonds. The minimum absolute atomic E-state index is 0.314. The van der Waals surface area contributed by atoms with Crippen molar-refractivity contribution in [3.8, 4) is 5.75 Å². The summed E-state index contributed by atoms with van der Waals surface area (Å²) in [7, 11) is 0. The largest absolute Gasteiger partial charge is 0.491 e. The van der Waals surface area contributed by atoms with Gasteiger partial charge in [0.1, 0.15) is 17.3 Å². The van der Waals surface area contributed by atoms with Gasteiger partial charge in [0.2, 0.25) is 0 Å². The Labute approximate surface area is 107 Å². The number of ether oxygens (including phenoxy) is 1. The van der Waals surface area contributed by atoms with Gasteiger partial charge in [0.15, 0.2) is 0 Å². The van der Waals surface area contributed by atoms with Crippen LogP contribution in [0.25, 0.3) is 0 Å². The van der Waals surface area contributed by atoms with Gasteiger partial charge in [-0.2, -0.15) is 0 Å². The van der Waals surface area contributed by atoms with E-state index in [1.54, 1.807) is 12.3 Å². The number of hydrogen-bond acceptors (Lipinski definition) is 4. The third-order valence-corrected chi connectivity index (χ3v) is 3.07. The highest BCUT2D eigenvalue weighted by atomic mass is 32.1. The van der Waals surface area contributed by atoms with Gasteiger partial charge in [-0.1, -0.05) is 12.2 Å². The van der Waals surface area contributed by atoms with Gasteiger partial charge in [0.05, 0.1) is 11.9 Å². The second-order valence-electron chi connectivity index (χ2n) is 4.14. The van der Waals surface area contributed by atoms with Crippen molar-refractivity contribution in [2.75, 3.05) is 26.2 Å². The van der Waals surface area contributed by atoms with Gasteiger partial charge < -0.3 is 10.5 Å². The molecular weight excluding hydrogens is 234 g/mol. The van der Waals surface area contributed by atoms with E-state index in [0.717, 1.165) is 12.3 Å². The lowest BCUT2D eigenvalue weighted by molar-refractivity contribution is 0.237. The third-order valence-electron chi connectivity index (χ3n) is 2.86. The van der Waals surface area contributed by atoms with Gasteiger partial charge in [-0.05, 0) is 38.1 Å². The van der Waals surface area contributed by atoms with E-state index < -0.39 is 0 Å². The molecule has 4 nitrogen and oxygen atoms in total. The normalized spacial score (nSPS) is 16.0. The lowest BCUT2D eigenvalue weighted by atomic mass is 10.3. The van der Waals surface area contributed by atoms with E-state index in [-0.39, 0.29) is 0 Å². The van der Waals surface area contributed by atoms with Gasteiger partial charge in [-0.15, -0.1) is 0 Å². The number of pyridine rings is 1. The quantitative estimate of drug-likeness (QED) is 0.797. The molecule has 2 rings (SSSR count). The molecule has 5 heteroatoms. The second kappa shape index (κ2) is 5.93. The van der Waals surface area contributed by atoms with Crippen LogP contribution < -0.4 is 10.5 Å². The summed E-state index contributed by atoms with van der Waals surface area (Å²) in [6, 6.07) is 3.64. The minimum atomic E-state index is 0.314. The molecule has 1 aromatic rings. The molecule has 17 heavy (non-hydrogen) atoms. The Morgan fingerprint density at radius 2 is 2.18 bits per heavy atom. The summed E-state index contributed by atoms with van der Waals surface area (Å²) in [6.45, 7) is 4.08. The first-order chi connectivity index (χ1) is 8.25. The number of nitrogens with zero attached hydrogens (tertiary/aromatic N) is 2. The Hall–Kier alpha value is -1.20. The van der Waals surface area contributed by atoms with Crippen LogP contribution in [-0.4, -0.2) is 41.1 Å². The van der Waals surface area contributed by atoms with Gasteiger partial charge in [-0.3, -0.25) is 4.90 Å². The smallest absolute Gasteiger partial charge is 0.137 e. The molecule has 1 aliphatic rings. The van der Waals surface area contributed by atoms with Crippen LogP contribution in [0.2, 0.25) is 0 Å². The van der Waals surface area contributed by atoms with Crippen molar-refractivity contribution in [3.63, 3.8) is 0 Å². The van der Waals surface area contributed by atoms with Crippen molar-refractivity contribution in [1.29, 1.82) is 0 Å². The van der Waals surface area contributed by atoms with Crippen molar-refractivity contribution in [3.05, 3.63) is 24.0 Å². The number of hydrogen-bond donors (Lipinski definition) is 1. The van der Waals surface area contributed by atoms with E-state index in [2.05, 4.69) is 9.88 Å². The SMILES string of the molecule is NC(=S)c1ccc(OCCN2CCCC2)cn1. The summed E-state index contributed by atoms with van der Waals surface area (Å²) in [6.07, 6.45) is 4.28. The maximum Gasteiger partial charge on any atom is 0.137 e. The zero-order valence-electron chi connectivity index (χ0n) is 9.76. The van der Waals surface area contributed by atoms with E-state index in [0.29, 0.717) is 17.3 Å². The van der Waals surface area contributed by atoms with Crippen LogP contribution in [0.3, 0.4) is 0 Å². The average molecular weight is 251 g/mol. The average Bonchev–Trinajstić information content (AvgIpc) is 2.83. The van der Waals surface area contributed by atoms with Crippen LogP contribution in [0.4, 0.5) is 0 Å². The number of nitrogens with two attached hydrogens (primary N) is 1. The fourth-order valence-corrected chi connectivity index (χ4v) is 2.03. The van der Waals surface area contributed by atoms with Gasteiger partial charge in [0, 0.05) is 6.54 Å². The topological polar surface area (TPSA) is 51.4 Å². The highest BCUT2D eigenvalue weighted by Gasteiger charge is 2.10. The van der Waals surface area contributed by atoms with Crippen LogP contribution in [0, 0.1) is 0 Å². The first-order valence-electron chi connectivity index (χ1n) is 5.87. The van der Waals surface area contributed by atoms with E-state index >= 15 is 0 Å². The van der Waals surface area contributed by atoms with Crippen molar-refractivity contribution in [2.24, 2.45) is 5.73 Å². The highest BCUT2D eigenvalue weighted by Crippen LogP contribution is 2.10. The van der Waals surface area contributed by atoms with E-state index in [9.17, 15) is 0 Å². The fraction of sp³-hybridized carbons (Fsp3) is 0.500. The maximum atomic E-state index is 5.61. The third kappa shape index (κ3) is 3.64. The zero-order valence-corrected chi connectivity index (χ0v) is 10.6. The number of rotatable bonds is 5. The summed E-state index contributed by atoms with van der Waals surface area (Å²) in [5, 5.41) is 0. The maximum absolute atomic E-state index is 5.61. The first kappa shape index (κ1) is 12.3. The molecule has 0 aliphatic carbocycles. The molecule has 0 saturated carbocycles. The van der Waals surface area contributed by atoms with Crippen molar-refractivity contribution < 1.29 is 4.74 Å². The predicted molar refractivity (Wildman–Crippen MR) is 71.3 cm³/mol. The van der Waals surface area contributed by atoms with Crippen LogP contribution in [0.1, 0.15) is 18.5 Å². The van der Waals surface area contributed by atoms with E-state index in [1.165, 1.54) is 25.9 Å². The summed E-state index contributed by atoms with van der Waals surface area (Å²) in [5.41, 5.74) is 6.10. The molecule has 1 aliphatic heterocycles. The van der Waals surface area contributed by atoms with Crippen molar-refractivity contribution in [2.45, 2.75) is 12.8 Å². The van der Waals surface area contributed by atoms with Gasteiger partial charge in [0.25, 0.3) is 0 Å². The van der Waals surface area contributed by atoms with E-state index in [1.807, 2.05) is 6.07 Å². The molecule has 1 saturated heterocycles. The van der Waals surface area contributed by atoms with E-state index in [4.69, 9.17) is 22.7 Å². The van der Waals surface area contributed by atoms with Crippen LogP contribution in [-0.2, 0) is 0 Å². The summed E-state index contributed by atoms with van der Waals surface area (Å²) < 4.78 is 5.61. The Morgan fingerprint density at radius 1 is 1.41 bits per heavy atom. The van der Waals surface area contributed by atoms with Crippen molar-refractivity contribution in [1.82, 2.24) is 9.88 Å². The molecule has 1 fully saturated rings. The summed E-state index contributed by atoms with van der Waals surface area (Å²) in [5.74, 6) is 0.768. The van der Waals surface area contributed by atoms with Crippen LogP contribution in [0.5, 0.6) is 5.75 Å². The monoisotopic (exact) mass is 251 g/mol. The lowest BCUT2D eigenvalue weighted by Gasteiger charge is -2.14. The lowest BCUT2D eigenvalue weighted by Crippen LogP contribution is -2.25. The van der Waals surface area contributed by atoms with Crippen molar-refractivity contribution >= 4 is 17.2 Å². The molecular formula is C12H17N3OS. The molecule has 0 bridgehead atoms. The Balaban J connectivity index is 1.76. The number of thiocarbonyl (C=S) groups is 1. The molecule has 2 heterocycles. The van der Waals surface area contributed by atoms with Crippen LogP contribution >= 0.6 is 12.2 Å². The first-order valence-corrected chi connectivity index (χ1v) is 6.27.